The Morgan fingerprint density at radius 1 is 1.17 bits per heavy atom. The molecule has 0 spiro atoms. The number of rotatable bonds is 2. The van der Waals surface area contributed by atoms with Gasteiger partial charge in [-0.05, 0) is 36.8 Å². The van der Waals surface area contributed by atoms with Gasteiger partial charge in [0.15, 0.2) is 0 Å². The van der Waals surface area contributed by atoms with Crippen LogP contribution in [-0.2, 0) is 0 Å². The summed E-state index contributed by atoms with van der Waals surface area (Å²) in [7, 11) is 1.74. The Hall–Kier alpha value is -2.96. The zero-order valence-corrected chi connectivity index (χ0v) is 16.8. The van der Waals surface area contributed by atoms with Gasteiger partial charge in [-0.25, -0.2) is 4.98 Å². The highest BCUT2D eigenvalue weighted by Crippen LogP contribution is 2.49. The van der Waals surface area contributed by atoms with E-state index in [2.05, 4.69) is 4.57 Å². The lowest BCUT2D eigenvalue weighted by Crippen LogP contribution is -2.30. The van der Waals surface area contributed by atoms with Gasteiger partial charge in [0.05, 0.1) is 23.1 Å². The molecule has 0 aliphatic carbocycles. The van der Waals surface area contributed by atoms with Crippen LogP contribution in [0.1, 0.15) is 59.7 Å². The fraction of sp³-hybridized carbons (Fsp3) is 0.364. The number of alkyl halides is 2. The summed E-state index contributed by atoms with van der Waals surface area (Å²) in [6.45, 7) is 3.05. The number of aryl methyl sites for hydroxylation is 1. The Morgan fingerprint density at radius 2 is 1.93 bits per heavy atom. The predicted molar refractivity (Wildman–Crippen MR) is 106 cm³/mol. The molecule has 0 saturated carbocycles. The third-order valence-corrected chi connectivity index (χ3v) is 5.56. The van der Waals surface area contributed by atoms with Crippen LogP contribution >= 0.6 is 0 Å². The standard InChI is InChI=1S/C20H17F2N3O2.C2H6/c1-10-6-7-12-13(8-10)25-14-9-15(18(25)23-12)24(2)19(26)11-4-3-5-16(17(11)14)27-20(21)22;1-2/h3-8,14-15,20H,9H2,1-2H3;1-2H3/t14?,15-;/m1./s1. The SMILES string of the molecule is CC.Cc1ccc2nc3n(c2c1)C1C[C@H]3N(C)C(=O)c2cccc(OC(F)F)c21. The molecule has 0 N–H and O–H groups in total. The largest absolute Gasteiger partial charge is 0.434 e. The van der Waals surface area contributed by atoms with E-state index in [1.165, 1.54) is 6.07 Å². The molecule has 2 aromatic carbocycles. The molecular formula is C22H23F2N3O2. The lowest BCUT2D eigenvalue weighted by atomic mass is 9.97. The Labute approximate surface area is 167 Å². The van der Waals surface area contributed by atoms with Gasteiger partial charge < -0.3 is 14.2 Å². The van der Waals surface area contributed by atoms with Crippen molar-refractivity contribution in [2.45, 2.75) is 45.9 Å². The van der Waals surface area contributed by atoms with Crippen molar-refractivity contribution in [3.8, 4) is 5.75 Å². The summed E-state index contributed by atoms with van der Waals surface area (Å²) in [5.41, 5.74) is 3.78. The molecule has 1 aromatic heterocycles. The molecule has 2 aliphatic heterocycles. The number of imidazole rings is 1. The molecule has 152 valence electrons. The van der Waals surface area contributed by atoms with Gasteiger partial charge in [-0.3, -0.25) is 4.79 Å². The van der Waals surface area contributed by atoms with Gasteiger partial charge in [0, 0.05) is 24.6 Å². The molecule has 5 nitrogen and oxygen atoms in total. The Morgan fingerprint density at radius 3 is 2.66 bits per heavy atom. The highest BCUT2D eigenvalue weighted by Gasteiger charge is 2.44. The zero-order chi connectivity index (χ0) is 20.9. The van der Waals surface area contributed by atoms with Crippen molar-refractivity contribution >= 4 is 16.9 Å². The summed E-state index contributed by atoms with van der Waals surface area (Å²) < 4.78 is 32.9. The van der Waals surface area contributed by atoms with Crippen LogP contribution in [0.2, 0.25) is 0 Å². The molecule has 3 aromatic rings. The third kappa shape index (κ3) is 2.87. The number of hydrogen-bond donors (Lipinski definition) is 0. The number of carbonyl (C=O) groups is 1. The lowest BCUT2D eigenvalue weighted by Gasteiger charge is -2.24. The molecule has 3 heterocycles. The topological polar surface area (TPSA) is 47.4 Å². The van der Waals surface area contributed by atoms with Crippen LogP contribution in [0.4, 0.5) is 8.78 Å². The van der Waals surface area contributed by atoms with Crippen molar-refractivity contribution in [2.24, 2.45) is 0 Å². The van der Waals surface area contributed by atoms with Crippen molar-refractivity contribution in [3.63, 3.8) is 0 Å². The highest BCUT2D eigenvalue weighted by molar-refractivity contribution is 5.97. The quantitative estimate of drug-likeness (QED) is 0.603. The van der Waals surface area contributed by atoms with Gasteiger partial charge in [0.2, 0.25) is 0 Å². The van der Waals surface area contributed by atoms with E-state index in [0.717, 1.165) is 22.4 Å². The summed E-state index contributed by atoms with van der Waals surface area (Å²) in [6, 6.07) is 10.3. The fourth-order valence-corrected chi connectivity index (χ4v) is 4.39. The molecule has 1 amide bonds. The number of benzene rings is 2. The highest BCUT2D eigenvalue weighted by atomic mass is 19.3. The summed E-state index contributed by atoms with van der Waals surface area (Å²) in [6.07, 6.45) is 0.588. The molecule has 7 heteroatoms. The molecule has 29 heavy (non-hydrogen) atoms. The zero-order valence-electron chi connectivity index (χ0n) is 16.8. The van der Waals surface area contributed by atoms with Crippen LogP contribution in [0.25, 0.3) is 11.0 Å². The van der Waals surface area contributed by atoms with E-state index in [1.54, 1.807) is 24.1 Å². The number of halogens is 2. The number of amides is 1. The van der Waals surface area contributed by atoms with E-state index < -0.39 is 6.61 Å². The minimum Gasteiger partial charge on any atom is -0.434 e. The van der Waals surface area contributed by atoms with E-state index in [4.69, 9.17) is 9.72 Å². The van der Waals surface area contributed by atoms with E-state index in [0.29, 0.717) is 17.5 Å². The number of ether oxygens (including phenoxy) is 1. The minimum absolute atomic E-state index is 0.0530. The number of nitrogens with zero attached hydrogens (tertiary/aromatic N) is 3. The Bertz CT molecular complexity index is 1090. The fourth-order valence-electron chi connectivity index (χ4n) is 4.39. The first-order chi connectivity index (χ1) is 14.0. The molecule has 2 aliphatic rings. The summed E-state index contributed by atoms with van der Waals surface area (Å²) >= 11 is 0. The maximum Gasteiger partial charge on any atom is 0.387 e. The third-order valence-electron chi connectivity index (χ3n) is 5.56. The van der Waals surface area contributed by atoms with E-state index >= 15 is 0 Å². The van der Waals surface area contributed by atoms with Gasteiger partial charge in [-0.15, -0.1) is 0 Å². The predicted octanol–water partition coefficient (Wildman–Crippen LogP) is 5.09. The van der Waals surface area contributed by atoms with Gasteiger partial charge in [0.25, 0.3) is 5.91 Å². The van der Waals surface area contributed by atoms with Gasteiger partial charge in [0.1, 0.15) is 11.6 Å². The minimum atomic E-state index is -2.95. The molecule has 0 radical (unpaired) electrons. The lowest BCUT2D eigenvalue weighted by molar-refractivity contribution is -0.0507. The van der Waals surface area contributed by atoms with E-state index in [1.807, 2.05) is 39.0 Å². The smallest absolute Gasteiger partial charge is 0.387 e. The molecule has 2 bridgehead atoms. The van der Waals surface area contributed by atoms with Crippen LogP contribution < -0.4 is 4.74 Å². The number of fused-ring (bicyclic) bond motifs is 9. The molecule has 5 rings (SSSR count). The number of carbonyl (C=O) groups excluding carboxylic acids is 1. The van der Waals surface area contributed by atoms with Crippen LogP contribution in [0.5, 0.6) is 5.75 Å². The van der Waals surface area contributed by atoms with E-state index in [-0.39, 0.29) is 23.7 Å². The molecule has 0 saturated heterocycles. The summed E-state index contributed by atoms with van der Waals surface area (Å²) in [5.74, 6) is 0.637. The van der Waals surface area contributed by atoms with Crippen molar-refractivity contribution in [2.75, 3.05) is 7.05 Å². The molecular weight excluding hydrogens is 376 g/mol. The second-order valence-electron chi connectivity index (χ2n) is 7.11. The van der Waals surface area contributed by atoms with Crippen molar-refractivity contribution in [1.29, 1.82) is 0 Å². The maximum absolute atomic E-state index is 13.0. The first-order valence-electron chi connectivity index (χ1n) is 9.79. The van der Waals surface area contributed by atoms with Crippen molar-refractivity contribution in [1.82, 2.24) is 14.5 Å². The van der Waals surface area contributed by atoms with Crippen molar-refractivity contribution < 1.29 is 18.3 Å². The molecule has 1 unspecified atom stereocenters. The van der Waals surface area contributed by atoms with Crippen LogP contribution in [0.3, 0.4) is 0 Å². The maximum atomic E-state index is 13.0. The molecule has 0 fully saturated rings. The number of hydrogen-bond acceptors (Lipinski definition) is 3. The summed E-state index contributed by atoms with van der Waals surface area (Å²) in [5, 5.41) is 0. The van der Waals surface area contributed by atoms with Crippen molar-refractivity contribution in [3.05, 3.63) is 58.9 Å². The average molecular weight is 399 g/mol. The first-order valence-corrected chi connectivity index (χ1v) is 9.79. The second-order valence-corrected chi connectivity index (χ2v) is 7.11. The average Bonchev–Trinajstić information content (AvgIpc) is 3.22. The number of aromatic nitrogens is 2. The normalized spacial score (nSPS) is 19.6. The van der Waals surface area contributed by atoms with Crippen LogP contribution in [0, 0.1) is 6.92 Å². The van der Waals surface area contributed by atoms with Gasteiger partial charge in [-0.2, -0.15) is 8.78 Å². The summed E-state index contributed by atoms with van der Waals surface area (Å²) in [4.78, 5) is 19.4. The van der Waals surface area contributed by atoms with Gasteiger partial charge >= 0.3 is 6.61 Å². The van der Waals surface area contributed by atoms with Crippen LogP contribution in [0.15, 0.2) is 36.4 Å². The monoisotopic (exact) mass is 399 g/mol. The van der Waals surface area contributed by atoms with E-state index in [9.17, 15) is 13.6 Å². The van der Waals surface area contributed by atoms with Crippen LogP contribution in [-0.4, -0.2) is 34.0 Å². The Kier molecular flexibility index (Phi) is 4.76. The molecule has 2 atom stereocenters. The van der Waals surface area contributed by atoms with Gasteiger partial charge in [-0.1, -0.05) is 26.0 Å². The first kappa shape index (κ1) is 19.4. The second kappa shape index (κ2) is 7.13. The Balaban J connectivity index is 0.000000994.